The maximum absolute atomic E-state index is 13.2. The summed E-state index contributed by atoms with van der Waals surface area (Å²) in [6, 6.07) is 1.92. The fourth-order valence-corrected chi connectivity index (χ4v) is 4.43. The Bertz CT molecular complexity index is 967. The van der Waals surface area contributed by atoms with Gasteiger partial charge in [0.25, 0.3) is 11.8 Å². The summed E-state index contributed by atoms with van der Waals surface area (Å²) in [6.45, 7) is 1.08. The van der Waals surface area contributed by atoms with E-state index in [-0.39, 0.29) is 37.4 Å². The van der Waals surface area contributed by atoms with Crippen LogP contribution in [-0.2, 0) is 9.59 Å². The van der Waals surface area contributed by atoms with Gasteiger partial charge in [-0.05, 0) is 24.3 Å². The summed E-state index contributed by atoms with van der Waals surface area (Å²) in [7, 11) is 0. The van der Waals surface area contributed by atoms with Crippen LogP contribution in [0.25, 0.3) is 0 Å². The molecule has 2 aromatic heterocycles. The number of nitrogens with one attached hydrogen (secondary N) is 2. The zero-order valence-corrected chi connectivity index (χ0v) is 17.5. The highest BCUT2D eigenvalue weighted by Crippen LogP contribution is 2.19. The van der Waals surface area contributed by atoms with Gasteiger partial charge in [-0.2, -0.15) is 0 Å². The van der Waals surface area contributed by atoms with Crippen LogP contribution >= 0.6 is 11.3 Å². The lowest BCUT2D eigenvalue weighted by atomic mass is 10.0. The molecule has 2 atom stereocenters. The monoisotopic (exact) mass is 442 g/mol. The van der Waals surface area contributed by atoms with Crippen molar-refractivity contribution in [1.82, 2.24) is 30.4 Å². The summed E-state index contributed by atoms with van der Waals surface area (Å²) in [5.41, 5.74) is 0.311. The summed E-state index contributed by atoms with van der Waals surface area (Å²) in [5.74, 6) is -1.26. The fraction of sp³-hybridized carbons (Fsp3) is 0.400. The molecule has 2 fully saturated rings. The molecule has 2 aromatic rings. The maximum Gasteiger partial charge on any atom is 0.264 e. The van der Waals surface area contributed by atoms with Crippen molar-refractivity contribution >= 4 is 35.0 Å². The average Bonchev–Trinajstić information content (AvgIpc) is 3.35. The zero-order chi connectivity index (χ0) is 21.8. The quantitative estimate of drug-likeness (QED) is 0.681. The van der Waals surface area contributed by atoms with Gasteiger partial charge in [0.1, 0.15) is 18.4 Å². The molecule has 2 aliphatic rings. The Morgan fingerprint density at radius 1 is 1.16 bits per heavy atom. The molecule has 2 aliphatic heterocycles. The smallest absolute Gasteiger partial charge is 0.264 e. The average molecular weight is 443 g/mol. The van der Waals surface area contributed by atoms with Crippen molar-refractivity contribution < 1.29 is 19.2 Å². The van der Waals surface area contributed by atoms with Crippen molar-refractivity contribution in [3.63, 3.8) is 0 Å². The third kappa shape index (κ3) is 4.55. The second kappa shape index (κ2) is 9.21. The molecule has 0 saturated carbocycles. The van der Waals surface area contributed by atoms with Gasteiger partial charge in [-0.15, -0.1) is 11.3 Å². The molecule has 0 aliphatic carbocycles. The van der Waals surface area contributed by atoms with Gasteiger partial charge in [-0.3, -0.25) is 19.2 Å². The molecule has 0 bridgehead atoms. The molecule has 4 heterocycles. The summed E-state index contributed by atoms with van der Waals surface area (Å²) in [6.07, 6.45) is 5.46. The van der Waals surface area contributed by atoms with Crippen LogP contribution in [0.15, 0.2) is 36.2 Å². The molecular formula is C20H22N6O4S. The molecule has 0 spiro atoms. The molecule has 2 N–H and O–H groups in total. The lowest BCUT2D eigenvalue weighted by Crippen LogP contribution is -2.63. The number of piperidine rings is 1. The molecule has 162 valence electrons. The summed E-state index contributed by atoms with van der Waals surface area (Å²) in [4.78, 5) is 62.4. The van der Waals surface area contributed by atoms with Gasteiger partial charge in [0.05, 0.1) is 17.0 Å². The van der Waals surface area contributed by atoms with Gasteiger partial charge in [0.15, 0.2) is 0 Å². The van der Waals surface area contributed by atoms with Crippen LogP contribution in [0.2, 0.25) is 0 Å². The van der Waals surface area contributed by atoms with E-state index in [9.17, 15) is 19.2 Å². The molecule has 2 saturated heterocycles. The Kier molecular flexibility index (Phi) is 6.21. The topological polar surface area (TPSA) is 125 Å². The first-order chi connectivity index (χ1) is 15.0. The molecule has 10 nitrogen and oxygen atoms in total. The van der Waals surface area contributed by atoms with E-state index in [0.29, 0.717) is 23.4 Å². The van der Waals surface area contributed by atoms with Crippen LogP contribution in [0.5, 0.6) is 0 Å². The molecule has 31 heavy (non-hydrogen) atoms. The summed E-state index contributed by atoms with van der Waals surface area (Å²) in [5, 5.41) is 7.29. The first-order valence-corrected chi connectivity index (χ1v) is 10.9. The van der Waals surface area contributed by atoms with Crippen molar-refractivity contribution in [3.05, 3.63) is 46.7 Å². The number of carbonyl (C=O) groups excluding carboxylic acids is 4. The van der Waals surface area contributed by atoms with E-state index in [1.54, 1.807) is 17.5 Å². The van der Waals surface area contributed by atoms with Gasteiger partial charge in [-0.25, -0.2) is 9.97 Å². The zero-order valence-electron chi connectivity index (χ0n) is 16.7. The van der Waals surface area contributed by atoms with E-state index in [1.807, 2.05) is 0 Å². The highest BCUT2D eigenvalue weighted by Gasteiger charge is 2.39. The predicted molar refractivity (Wildman–Crippen MR) is 111 cm³/mol. The third-order valence-electron chi connectivity index (χ3n) is 5.37. The van der Waals surface area contributed by atoms with Gasteiger partial charge < -0.3 is 20.4 Å². The van der Waals surface area contributed by atoms with E-state index in [4.69, 9.17) is 0 Å². The van der Waals surface area contributed by atoms with Gasteiger partial charge in [0, 0.05) is 32.0 Å². The number of hydrogen-bond donors (Lipinski definition) is 2. The second-order valence-electron chi connectivity index (χ2n) is 7.36. The molecule has 4 amide bonds. The third-order valence-corrected chi connectivity index (χ3v) is 6.23. The highest BCUT2D eigenvalue weighted by atomic mass is 32.1. The van der Waals surface area contributed by atoms with Crippen LogP contribution in [0.4, 0.5) is 0 Å². The van der Waals surface area contributed by atoms with Crippen molar-refractivity contribution in [3.8, 4) is 0 Å². The Balaban J connectivity index is 1.54. The number of thiophene rings is 1. The number of aromatic nitrogens is 2. The number of hydrogen-bond acceptors (Lipinski definition) is 7. The summed E-state index contributed by atoms with van der Waals surface area (Å²) >= 11 is 1.29. The number of nitrogens with zero attached hydrogens (tertiary/aromatic N) is 4. The normalized spacial score (nSPS) is 21.4. The first-order valence-electron chi connectivity index (χ1n) is 10.0. The Hall–Kier alpha value is -3.34. The van der Waals surface area contributed by atoms with E-state index in [0.717, 1.165) is 6.42 Å². The van der Waals surface area contributed by atoms with Crippen molar-refractivity contribution in [2.24, 2.45) is 0 Å². The minimum atomic E-state index is -0.911. The molecule has 0 radical (unpaired) electrons. The number of piperazine rings is 1. The lowest BCUT2D eigenvalue weighted by molar-refractivity contribution is -0.133. The molecule has 11 heteroatoms. The molecular weight excluding hydrogens is 420 g/mol. The minimum absolute atomic E-state index is 0.0189. The van der Waals surface area contributed by atoms with E-state index in [2.05, 4.69) is 20.6 Å². The maximum atomic E-state index is 13.2. The Labute approximate surface area is 182 Å². The molecule has 4 rings (SSSR count). The van der Waals surface area contributed by atoms with Crippen LogP contribution in [0, 0.1) is 0 Å². The largest absolute Gasteiger partial charge is 0.354 e. The number of carbonyl (C=O) groups is 4. The predicted octanol–water partition coefficient (Wildman–Crippen LogP) is -0.100. The van der Waals surface area contributed by atoms with Crippen LogP contribution in [0.1, 0.15) is 32.9 Å². The van der Waals surface area contributed by atoms with Gasteiger partial charge in [0.2, 0.25) is 11.8 Å². The van der Waals surface area contributed by atoms with E-state index < -0.39 is 18.0 Å². The Morgan fingerprint density at radius 2 is 1.97 bits per heavy atom. The van der Waals surface area contributed by atoms with E-state index >= 15 is 0 Å². The first kappa shape index (κ1) is 20.9. The Morgan fingerprint density at radius 3 is 2.68 bits per heavy atom. The van der Waals surface area contributed by atoms with Crippen molar-refractivity contribution in [2.75, 3.05) is 26.2 Å². The van der Waals surface area contributed by atoms with Crippen LogP contribution in [-0.4, -0.2) is 81.7 Å². The van der Waals surface area contributed by atoms with Crippen molar-refractivity contribution in [1.29, 1.82) is 0 Å². The molecule has 0 aromatic carbocycles. The standard InChI is InChI=1S/C20H22N6O4S/c27-17-14(3-1-5-23-17)24-18(28)15-11-25(19(29)13-9-21-12-22-10-13)6-7-26(15)20(30)16-4-2-8-31-16/h2,4,8-10,12,14-15H,1,3,5-7,11H2,(H,23,27)(H,24,28). The second-order valence-corrected chi connectivity index (χ2v) is 8.31. The summed E-state index contributed by atoms with van der Waals surface area (Å²) < 4.78 is 0. The number of amides is 4. The van der Waals surface area contributed by atoms with Crippen LogP contribution in [0.3, 0.4) is 0 Å². The van der Waals surface area contributed by atoms with Gasteiger partial charge in [-0.1, -0.05) is 6.07 Å². The van der Waals surface area contributed by atoms with Crippen LogP contribution < -0.4 is 10.6 Å². The molecule has 2 unspecified atom stereocenters. The number of rotatable bonds is 4. The van der Waals surface area contributed by atoms with Gasteiger partial charge >= 0.3 is 0 Å². The fourth-order valence-electron chi connectivity index (χ4n) is 3.75. The SMILES string of the molecule is O=C1NCCCC1NC(=O)C1CN(C(=O)c2cncnc2)CCN1C(=O)c1cccs1. The highest BCUT2D eigenvalue weighted by molar-refractivity contribution is 7.12. The van der Waals surface area contributed by atoms with Crippen molar-refractivity contribution in [2.45, 2.75) is 24.9 Å². The lowest BCUT2D eigenvalue weighted by Gasteiger charge is -2.41. The van der Waals surface area contributed by atoms with E-state index in [1.165, 1.54) is 39.9 Å². The minimum Gasteiger partial charge on any atom is -0.354 e.